The van der Waals surface area contributed by atoms with E-state index in [4.69, 9.17) is 11.6 Å². The number of hydrogen-bond donors (Lipinski definition) is 0. The van der Waals surface area contributed by atoms with Crippen LogP contribution in [0.5, 0.6) is 0 Å². The summed E-state index contributed by atoms with van der Waals surface area (Å²) in [5, 5.41) is 0.594. The molecular formula is C20H20ClNOS. The molecule has 2 unspecified atom stereocenters. The van der Waals surface area contributed by atoms with Crippen LogP contribution < -0.4 is 0 Å². The number of likely N-dealkylation sites (tertiary alicyclic amines) is 1. The summed E-state index contributed by atoms with van der Waals surface area (Å²) in [5.41, 5.74) is 1.00. The summed E-state index contributed by atoms with van der Waals surface area (Å²) in [7, 11) is 0. The average Bonchev–Trinajstić information content (AvgIpc) is 2.59. The highest BCUT2D eigenvalue weighted by Gasteiger charge is 2.35. The summed E-state index contributed by atoms with van der Waals surface area (Å²) in [6, 6.07) is 17.8. The van der Waals surface area contributed by atoms with Crippen molar-refractivity contribution in [3.05, 3.63) is 77.5 Å². The van der Waals surface area contributed by atoms with Crippen LogP contribution in [-0.4, -0.2) is 29.0 Å². The number of allylic oxidation sites excluding steroid dienone is 1. The van der Waals surface area contributed by atoms with Crippen LogP contribution in [-0.2, 0) is 4.79 Å². The molecule has 2 atom stereocenters. The second-order valence-corrected chi connectivity index (χ2v) is 7.58. The van der Waals surface area contributed by atoms with E-state index >= 15 is 0 Å². The quantitative estimate of drug-likeness (QED) is 0.767. The van der Waals surface area contributed by atoms with Crippen LogP contribution >= 0.6 is 23.4 Å². The van der Waals surface area contributed by atoms with Crippen molar-refractivity contribution < 1.29 is 4.79 Å². The summed E-state index contributed by atoms with van der Waals surface area (Å²) < 4.78 is 0. The van der Waals surface area contributed by atoms with E-state index in [0.29, 0.717) is 11.6 Å². The van der Waals surface area contributed by atoms with Gasteiger partial charge in [-0.2, -0.15) is 0 Å². The second kappa shape index (κ2) is 7.91. The van der Waals surface area contributed by atoms with Crippen LogP contribution in [0.25, 0.3) is 0 Å². The van der Waals surface area contributed by atoms with E-state index in [1.54, 1.807) is 11.8 Å². The third-order valence-electron chi connectivity index (χ3n) is 4.11. The lowest BCUT2D eigenvalue weighted by Crippen LogP contribution is -2.45. The van der Waals surface area contributed by atoms with Crippen molar-refractivity contribution in [1.29, 1.82) is 0 Å². The van der Waals surface area contributed by atoms with Crippen molar-refractivity contribution in [1.82, 2.24) is 4.90 Å². The summed E-state index contributed by atoms with van der Waals surface area (Å²) >= 11 is 7.78. The first-order valence-electron chi connectivity index (χ1n) is 8.05. The molecule has 2 nitrogen and oxygen atoms in total. The molecule has 3 rings (SSSR count). The van der Waals surface area contributed by atoms with E-state index in [1.807, 2.05) is 55.5 Å². The van der Waals surface area contributed by atoms with E-state index in [2.05, 4.69) is 23.2 Å². The predicted molar refractivity (Wildman–Crippen MR) is 102 cm³/mol. The fourth-order valence-corrected chi connectivity index (χ4v) is 4.40. The Morgan fingerprint density at radius 1 is 1.12 bits per heavy atom. The molecule has 2 aromatic rings. The first-order valence-corrected chi connectivity index (χ1v) is 9.31. The molecule has 0 N–H and O–H groups in total. The number of carbonyl (C=O) groups is 1. The highest BCUT2D eigenvalue weighted by molar-refractivity contribution is 8.00. The van der Waals surface area contributed by atoms with E-state index < -0.39 is 0 Å². The van der Waals surface area contributed by atoms with E-state index in [9.17, 15) is 4.79 Å². The molecule has 0 aliphatic carbocycles. The molecule has 2 aromatic carbocycles. The van der Waals surface area contributed by atoms with E-state index in [0.717, 1.165) is 17.0 Å². The maximum atomic E-state index is 13.1. The van der Waals surface area contributed by atoms with Crippen LogP contribution in [0.15, 0.2) is 71.8 Å². The number of nitrogens with zero attached hydrogens (tertiary/aromatic N) is 1. The number of carbonyl (C=O) groups excluding carboxylic acids is 1. The normalized spacial score (nSPS) is 21.4. The van der Waals surface area contributed by atoms with Crippen LogP contribution in [0.2, 0.25) is 5.02 Å². The van der Waals surface area contributed by atoms with Gasteiger partial charge in [0.2, 0.25) is 0 Å². The summed E-state index contributed by atoms with van der Waals surface area (Å²) in [4.78, 5) is 16.4. The minimum absolute atomic E-state index is 0.0821. The van der Waals surface area contributed by atoms with Crippen LogP contribution in [0.1, 0.15) is 18.4 Å². The lowest BCUT2D eigenvalue weighted by atomic mass is 9.89. The fourth-order valence-electron chi connectivity index (χ4n) is 3.01. The van der Waals surface area contributed by atoms with Gasteiger partial charge in [0.1, 0.15) is 0 Å². The summed E-state index contributed by atoms with van der Waals surface area (Å²) in [6.45, 7) is 3.44. The number of rotatable bonds is 4. The molecule has 1 heterocycles. The Balaban J connectivity index is 1.87. The molecule has 0 bridgehead atoms. The maximum absolute atomic E-state index is 13.1. The largest absolute Gasteiger partial charge is 0.375 e. The topological polar surface area (TPSA) is 20.3 Å². The third-order valence-corrected chi connectivity index (χ3v) is 5.56. The number of ketones is 1. The van der Waals surface area contributed by atoms with Gasteiger partial charge in [-0.15, -0.1) is 11.8 Å². The van der Waals surface area contributed by atoms with Gasteiger partial charge in [-0.1, -0.05) is 48.0 Å². The van der Waals surface area contributed by atoms with Gasteiger partial charge in [0, 0.05) is 23.0 Å². The van der Waals surface area contributed by atoms with Crippen molar-refractivity contribution in [2.75, 3.05) is 13.1 Å². The van der Waals surface area contributed by atoms with Gasteiger partial charge in [0.15, 0.2) is 5.78 Å². The standard InChI is InChI=1S/C20H20ClNOS/c1-2-11-22-13-18(15-7-6-8-16(21)12-15)20(23)19(14-22)24-17-9-4-3-5-10-17/h2-12,18-19H,13-14H2,1H3/b11-2-. The number of thioether (sulfide) groups is 1. The number of Topliss-reactive ketones (excluding diaryl/α,β-unsaturated/α-hetero) is 1. The monoisotopic (exact) mass is 357 g/mol. The van der Waals surface area contributed by atoms with Gasteiger partial charge in [-0.25, -0.2) is 0 Å². The summed E-state index contributed by atoms with van der Waals surface area (Å²) in [5.74, 6) is 0.140. The number of benzene rings is 2. The third kappa shape index (κ3) is 4.03. The molecule has 0 radical (unpaired) electrons. The van der Waals surface area contributed by atoms with Crippen molar-refractivity contribution in [2.24, 2.45) is 0 Å². The Bertz CT molecular complexity index is 731. The van der Waals surface area contributed by atoms with Crippen molar-refractivity contribution in [3.8, 4) is 0 Å². The minimum atomic E-state index is -0.144. The molecule has 0 spiro atoms. The maximum Gasteiger partial charge on any atom is 0.157 e. The fraction of sp³-hybridized carbons (Fsp3) is 0.250. The van der Waals surface area contributed by atoms with Gasteiger partial charge in [0.25, 0.3) is 0 Å². The molecule has 4 heteroatoms. The zero-order valence-corrected chi connectivity index (χ0v) is 15.1. The van der Waals surface area contributed by atoms with Crippen LogP contribution in [0.4, 0.5) is 0 Å². The molecular weight excluding hydrogens is 338 g/mol. The highest BCUT2D eigenvalue weighted by atomic mass is 35.5. The molecule has 1 saturated heterocycles. The first kappa shape index (κ1) is 17.1. The molecule has 1 aliphatic heterocycles. The highest BCUT2D eigenvalue weighted by Crippen LogP contribution is 2.34. The second-order valence-electron chi connectivity index (χ2n) is 5.87. The molecule has 1 aliphatic rings. The zero-order valence-electron chi connectivity index (χ0n) is 13.6. The van der Waals surface area contributed by atoms with E-state index in [-0.39, 0.29) is 17.0 Å². The molecule has 0 saturated carbocycles. The first-order chi connectivity index (χ1) is 11.7. The Morgan fingerprint density at radius 2 is 1.92 bits per heavy atom. The smallest absolute Gasteiger partial charge is 0.157 e. The molecule has 124 valence electrons. The minimum Gasteiger partial charge on any atom is -0.375 e. The number of hydrogen-bond acceptors (Lipinski definition) is 3. The van der Waals surface area contributed by atoms with Crippen LogP contribution in [0, 0.1) is 0 Å². The molecule has 1 fully saturated rings. The molecule has 24 heavy (non-hydrogen) atoms. The summed E-state index contributed by atoms with van der Waals surface area (Å²) in [6.07, 6.45) is 4.09. The molecule has 0 amide bonds. The Hall–Kier alpha value is -1.71. The lowest BCUT2D eigenvalue weighted by Gasteiger charge is -2.36. The van der Waals surface area contributed by atoms with Gasteiger partial charge < -0.3 is 4.90 Å². The SMILES string of the molecule is C/C=C\N1CC(Sc2ccccc2)C(=O)C(c2cccc(Cl)c2)C1. The Kier molecular flexibility index (Phi) is 5.64. The number of piperidine rings is 1. The lowest BCUT2D eigenvalue weighted by molar-refractivity contribution is -0.122. The number of halogens is 1. The van der Waals surface area contributed by atoms with Gasteiger partial charge in [0.05, 0.1) is 11.2 Å². The van der Waals surface area contributed by atoms with Crippen molar-refractivity contribution >= 4 is 29.1 Å². The predicted octanol–water partition coefficient (Wildman–Crippen LogP) is 5.00. The van der Waals surface area contributed by atoms with E-state index in [1.165, 1.54) is 0 Å². The van der Waals surface area contributed by atoms with Crippen molar-refractivity contribution in [3.63, 3.8) is 0 Å². The van der Waals surface area contributed by atoms with Gasteiger partial charge in [-0.05, 0) is 43.0 Å². The Morgan fingerprint density at radius 3 is 2.62 bits per heavy atom. The zero-order chi connectivity index (χ0) is 16.9. The van der Waals surface area contributed by atoms with Gasteiger partial charge >= 0.3 is 0 Å². The Labute approximate surface area is 152 Å². The van der Waals surface area contributed by atoms with Crippen LogP contribution in [0.3, 0.4) is 0 Å². The average molecular weight is 358 g/mol. The van der Waals surface area contributed by atoms with Crippen molar-refractivity contribution in [2.45, 2.75) is 23.0 Å². The van der Waals surface area contributed by atoms with Gasteiger partial charge in [-0.3, -0.25) is 4.79 Å². The molecule has 0 aromatic heterocycles.